The molecular weight excluding hydrogens is 335 g/mol. The third-order valence-corrected chi connectivity index (χ3v) is 4.46. The van der Waals surface area contributed by atoms with E-state index < -0.39 is 17.8 Å². The molecule has 124 valence electrons. The number of hydrogen-bond donors (Lipinski definition) is 2. The molecule has 1 aliphatic rings. The van der Waals surface area contributed by atoms with Crippen molar-refractivity contribution in [3.8, 4) is 0 Å². The van der Waals surface area contributed by atoms with E-state index in [1.165, 1.54) is 4.90 Å². The summed E-state index contributed by atoms with van der Waals surface area (Å²) in [6, 6.07) is 0. The van der Waals surface area contributed by atoms with Crippen molar-refractivity contribution < 1.29 is 23.1 Å². The predicted molar refractivity (Wildman–Crippen MR) is 78.6 cm³/mol. The topological polar surface area (TPSA) is 95.6 Å². The number of hydrogen-bond acceptors (Lipinski definition) is 6. The number of nitrogens with two attached hydrogens (primary N) is 1. The molecule has 0 spiro atoms. The molecule has 1 fully saturated rings. The summed E-state index contributed by atoms with van der Waals surface area (Å²) in [5, 5.41) is 9.86. The van der Waals surface area contributed by atoms with E-state index in [-0.39, 0.29) is 48.2 Å². The number of carbonyl (C=O) groups is 1. The molecule has 23 heavy (non-hydrogen) atoms. The van der Waals surface area contributed by atoms with Crippen LogP contribution in [-0.2, 0) is 6.18 Å². The van der Waals surface area contributed by atoms with Gasteiger partial charge in [-0.1, -0.05) is 0 Å². The molecule has 0 atom stereocenters. The van der Waals surface area contributed by atoms with E-state index >= 15 is 0 Å². The molecule has 1 amide bonds. The second-order valence-corrected chi connectivity index (χ2v) is 5.85. The summed E-state index contributed by atoms with van der Waals surface area (Å²) in [5.74, 6) is -0.00477. The zero-order valence-corrected chi connectivity index (χ0v) is 12.5. The normalized spacial score (nSPS) is 16.1. The Balaban J connectivity index is 2.03. The molecule has 2 aromatic heterocycles. The van der Waals surface area contributed by atoms with E-state index in [2.05, 4.69) is 9.97 Å². The molecule has 2 aromatic rings. The van der Waals surface area contributed by atoms with E-state index in [4.69, 9.17) is 10.8 Å². The second-order valence-electron chi connectivity index (χ2n) is 4.99. The first-order chi connectivity index (χ1) is 10.8. The third-order valence-electron chi connectivity index (χ3n) is 3.59. The maximum Gasteiger partial charge on any atom is 0.418 e. The monoisotopic (exact) mass is 347 g/mol. The number of carboxylic acid groups (broad SMARTS) is 1. The Bertz CT molecular complexity index is 755. The molecule has 3 rings (SSSR count). The average Bonchev–Trinajstić information content (AvgIpc) is 2.90. The van der Waals surface area contributed by atoms with E-state index in [1.807, 2.05) is 0 Å². The van der Waals surface area contributed by atoms with E-state index in [1.54, 1.807) is 4.90 Å². The first kappa shape index (κ1) is 15.6. The molecule has 1 saturated heterocycles. The molecule has 1 aliphatic heterocycles. The molecule has 7 nitrogen and oxygen atoms in total. The van der Waals surface area contributed by atoms with Gasteiger partial charge in [-0.2, -0.15) is 18.2 Å². The number of amides is 1. The summed E-state index contributed by atoms with van der Waals surface area (Å²) in [4.78, 5) is 21.7. The van der Waals surface area contributed by atoms with Crippen molar-refractivity contribution in [3.05, 3.63) is 10.9 Å². The van der Waals surface area contributed by atoms with Crippen LogP contribution in [0.2, 0.25) is 0 Å². The molecule has 11 heteroatoms. The van der Waals surface area contributed by atoms with Gasteiger partial charge in [-0.15, -0.1) is 11.3 Å². The standard InChI is InChI=1S/C12H12F3N5O2S/c13-12(14,15)6-5-23-9-7(6)8(17-10(16)18-9)19-1-3-20(4-2-19)11(21)22/h5H,1-4H2,(H,21,22)(H2,16,17,18). The van der Waals surface area contributed by atoms with Crippen molar-refractivity contribution in [1.82, 2.24) is 14.9 Å². The smallest absolute Gasteiger partial charge is 0.418 e. The first-order valence-corrected chi connectivity index (χ1v) is 7.50. The minimum atomic E-state index is -4.52. The van der Waals surface area contributed by atoms with Crippen molar-refractivity contribution >= 4 is 39.4 Å². The lowest BCUT2D eigenvalue weighted by Crippen LogP contribution is -2.48. The predicted octanol–water partition coefficient (Wildman–Crippen LogP) is 2.09. The van der Waals surface area contributed by atoms with Crippen LogP contribution in [0, 0.1) is 0 Å². The second kappa shape index (κ2) is 5.41. The Kier molecular flexibility index (Phi) is 3.66. The number of alkyl halides is 3. The fraction of sp³-hybridized carbons (Fsp3) is 0.417. The molecule has 0 unspecified atom stereocenters. The van der Waals surface area contributed by atoms with Crippen molar-refractivity contribution in [1.29, 1.82) is 0 Å². The van der Waals surface area contributed by atoms with Crippen LogP contribution < -0.4 is 10.6 Å². The van der Waals surface area contributed by atoms with Crippen LogP contribution in [0.4, 0.5) is 29.7 Å². The zero-order chi connectivity index (χ0) is 16.8. The zero-order valence-electron chi connectivity index (χ0n) is 11.7. The Hall–Kier alpha value is -2.30. The number of halogens is 3. The number of nitrogens with zero attached hydrogens (tertiary/aromatic N) is 4. The molecular formula is C12H12F3N5O2S. The van der Waals surface area contributed by atoms with Crippen LogP contribution in [-0.4, -0.2) is 52.2 Å². The van der Waals surface area contributed by atoms with Crippen LogP contribution in [0.25, 0.3) is 10.2 Å². The molecule has 0 radical (unpaired) electrons. The van der Waals surface area contributed by atoms with Gasteiger partial charge in [0.1, 0.15) is 10.6 Å². The van der Waals surface area contributed by atoms with Crippen LogP contribution in [0.15, 0.2) is 5.38 Å². The molecule has 0 aromatic carbocycles. The van der Waals surface area contributed by atoms with Crippen molar-refractivity contribution in [2.75, 3.05) is 36.8 Å². The SMILES string of the molecule is Nc1nc(N2CCN(C(=O)O)CC2)c2c(C(F)(F)F)csc2n1. The van der Waals surface area contributed by atoms with Gasteiger partial charge < -0.3 is 20.6 Å². The fourth-order valence-electron chi connectivity index (χ4n) is 2.49. The minimum absolute atomic E-state index is 0.0829. The van der Waals surface area contributed by atoms with Gasteiger partial charge in [0.2, 0.25) is 5.95 Å². The number of aromatic nitrogens is 2. The molecule has 0 aliphatic carbocycles. The molecule has 3 heterocycles. The Labute approximate surface area is 132 Å². The average molecular weight is 347 g/mol. The van der Waals surface area contributed by atoms with Crippen molar-refractivity contribution in [3.63, 3.8) is 0 Å². The highest BCUT2D eigenvalue weighted by Crippen LogP contribution is 2.41. The number of rotatable bonds is 1. The number of fused-ring (bicyclic) bond motifs is 1. The Morgan fingerprint density at radius 2 is 1.91 bits per heavy atom. The maximum absolute atomic E-state index is 13.2. The maximum atomic E-state index is 13.2. The van der Waals surface area contributed by atoms with Crippen LogP contribution in [0.1, 0.15) is 5.56 Å². The Morgan fingerprint density at radius 3 is 2.48 bits per heavy atom. The lowest BCUT2D eigenvalue weighted by Gasteiger charge is -2.34. The van der Waals surface area contributed by atoms with Gasteiger partial charge in [-0.05, 0) is 0 Å². The lowest BCUT2D eigenvalue weighted by atomic mass is 10.2. The molecule has 0 bridgehead atoms. The lowest BCUT2D eigenvalue weighted by molar-refractivity contribution is -0.136. The number of thiophene rings is 1. The highest BCUT2D eigenvalue weighted by Gasteiger charge is 2.36. The van der Waals surface area contributed by atoms with Gasteiger partial charge in [0.25, 0.3) is 0 Å². The van der Waals surface area contributed by atoms with E-state index in [9.17, 15) is 18.0 Å². The number of nitrogen functional groups attached to an aromatic ring is 1. The van der Waals surface area contributed by atoms with Crippen molar-refractivity contribution in [2.45, 2.75) is 6.18 Å². The van der Waals surface area contributed by atoms with Gasteiger partial charge in [-0.3, -0.25) is 0 Å². The van der Waals surface area contributed by atoms with Gasteiger partial charge in [0.15, 0.2) is 0 Å². The summed E-state index contributed by atoms with van der Waals surface area (Å²) in [5.41, 5.74) is 4.80. The largest absolute Gasteiger partial charge is 0.465 e. The first-order valence-electron chi connectivity index (χ1n) is 6.62. The summed E-state index contributed by atoms with van der Waals surface area (Å²) in [6.07, 6.45) is -5.57. The van der Waals surface area contributed by atoms with Crippen molar-refractivity contribution in [2.24, 2.45) is 0 Å². The van der Waals surface area contributed by atoms with Crippen LogP contribution >= 0.6 is 11.3 Å². The van der Waals surface area contributed by atoms with Gasteiger partial charge in [0, 0.05) is 31.6 Å². The Morgan fingerprint density at radius 1 is 1.26 bits per heavy atom. The van der Waals surface area contributed by atoms with Gasteiger partial charge in [-0.25, -0.2) is 9.78 Å². The summed E-state index contributed by atoms with van der Waals surface area (Å²) in [7, 11) is 0. The highest BCUT2D eigenvalue weighted by molar-refractivity contribution is 7.17. The summed E-state index contributed by atoms with van der Waals surface area (Å²) < 4.78 is 39.5. The molecule has 3 N–H and O–H groups in total. The van der Waals surface area contributed by atoms with E-state index in [0.29, 0.717) is 0 Å². The van der Waals surface area contributed by atoms with Crippen LogP contribution in [0.5, 0.6) is 0 Å². The third kappa shape index (κ3) is 2.83. The minimum Gasteiger partial charge on any atom is -0.465 e. The quantitative estimate of drug-likeness (QED) is 0.820. The molecule has 0 saturated carbocycles. The van der Waals surface area contributed by atoms with Crippen LogP contribution in [0.3, 0.4) is 0 Å². The van der Waals surface area contributed by atoms with Gasteiger partial charge >= 0.3 is 12.3 Å². The number of piperazine rings is 1. The van der Waals surface area contributed by atoms with E-state index in [0.717, 1.165) is 16.7 Å². The fourth-order valence-corrected chi connectivity index (χ4v) is 3.43. The summed E-state index contributed by atoms with van der Waals surface area (Å²) >= 11 is 0.856. The summed E-state index contributed by atoms with van der Waals surface area (Å²) in [6.45, 7) is 0.856. The van der Waals surface area contributed by atoms with Gasteiger partial charge in [0.05, 0.1) is 10.9 Å². The highest BCUT2D eigenvalue weighted by atomic mass is 32.1. The number of anilines is 2.